The standard InChI is InChI=1S/C32H30N6O4S/c39-30-24-18-20(25-19-43-27-9-6-5-8-23(25)27)11-16-26(24)34-32(41)29(30)31(40)33-21-12-14-22(15-13-21)42-17-7-3-1-2-4-10-28-35-37-38-36-28/h5-6,8-9,11-16,18-19H,1-4,7,10,17H2,(H,33,40)(H2,34,39,41)(H,35,36,37,38). The van der Waals surface area contributed by atoms with E-state index in [1.54, 1.807) is 47.7 Å². The van der Waals surface area contributed by atoms with Gasteiger partial charge in [0, 0.05) is 33.1 Å². The first-order chi connectivity index (χ1) is 21.1. The summed E-state index contributed by atoms with van der Waals surface area (Å²) in [5.41, 5.74) is 1.85. The van der Waals surface area contributed by atoms with Crippen molar-refractivity contribution < 1.29 is 14.6 Å². The third-order valence-electron chi connectivity index (χ3n) is 7.32. The van der Waals surface area contributed by atoms with Crippen LogP contribution in [0.25, 0.3) is 32.1 Å². The van der Waals surface area contributed by atoms with Gasteiger partial charge in [0.2, 0.25) is 0 Å². The van der Waals surface area contributed by atoms with Gasteiger partial charge in [-0.1, -0.05) is 48.7 Å². The number of carbonyl (C=O) groups excluding carboxylic acids is 1. The normalized spacial score (nSPS) is 11.3. The topological polar surface area (TPSA) is 146 Å². The molecule has 218 valence electrons. The minimum Gasteiger partial charge on any atom is -0.506 e. The maximum absolute atomic E-state index is 13.1. The first-order valence-electron chi connectivity index (χ1n) is 14.2. The number of rotatable bonds is 12. The molecule has 0 bridgehead atoms. The highest BCUT2D eigenvalue weighted by Gasteiger charge is 2.20. The zero-order valence-electron chi connectivity index (χ0n) is 23.3. The number of hydrogen-bond acceptors (Lipinski definition) is 8. The van der Waals surface area contributed by atoms with E-state index in [1.807, 2.05) is 18.2 Å². The van der Waals surface area contributed by atoms with Crippen LogP contribution in [0.4, 0.5) is 5.69 Å². The van der Waals surface area contributed by atoms with Gasteiger partial charge in [-0.15, -0.1) is 21.5 Å². The molecule has 43 heavy (non-hydrogen) atoms. The highest BCUT2D eigenvalue weighted by Crippen LogP contribution is 2.36. The number of ether oxygens (including phenoxy) is 1. The molecule has 0 saturated carbocycles. The molecule has 1 amide bonds. The van der Waals surface area contributed by atoms with Gasteiger partial charge in [-0.2, -0.15) is 5.21 Å². The predicted molar refractivity (Wildman–Crippen MR) is 168 cm³/mol. The Morgan fingerprint density at radius 1 is 0.953 bits per heavy atom. The van der Waals surface area contributed by atoms with Gasteiger partial charge in [0.05, 0.1) is 12.1 Å². The van der Waals surface area contributed by atoms with Crippen LogP contribution in [0.15, 0.2) is 76.9 Å². The second-order valence-electron chi connectivity index (χ2n) is 10.3. The number of amides is 1. The van der Waals surface area contributed by atoms with Crippen LogP contribution in [0.2, 0.25) is 0 Å². The number of aromatic hydroxyl groups is 1. The number of benzene rings is 3. The monoisotopic (exact) mass is 594 g/mol. The summed E-state index contributed by atoms with van der Waals surface area (Å²) in [5, 5.41) is 31.3. The van der Waals surface area contributed by atoms with E-state index in [2.05, 4.69) is 48.4 Å². The molecule has 6 aromatic rings. The number of pyridine rings is 1. The lowest BCUT2D eigenvalue weighted by Crippen LogP contribution is -2.23. The number of tetrazole rings is 1. The molecular weight excluding hydrogens is 564 g/mol. The molecule has 0 spiro atoms. The molecule has 3 aromatic carbocycles. The summed E-state index contributed by atoms with van der Waals surface area (Å²) in [6.45, 7) is 0.597. The van der Waals surface area contributed by atoms with Crippen LogP contribution in [-0.4, -0.2) is 43.2 Å². The van der Waals surface area contributed by atoms with Crippen LogP contribution in [0.5, 0.6) is 11.5 Å². The van der Waals surface area contributed by atoms with E-state index < -0.39 is 11.5 Å². The molecular formula is C32H30N6O4S. The van der Waals surface area contributed by atoms with Gasteiger partial charge in [0.15, 0.2) is 5.82 Å². The van der Waals surface area contributed by atoms with Crippen molar-refractivity contribution in [3.05, 3.63) is 93.9 Å². The number of aromatic amines is 2. The second-order valence-corrected chi connectivity index (χ2v) is 11.2. The Morgan fingerprint density at radius 3 is 2.60 bits per heavy atom. The highest BCUT2D eigenvalue weighted by molar-refractivity contribution is 7.17. The van der Waals surface area contributed by atoms with Crippen LogP contribution >= 0.6 is 11.3 Å². The molecule has 6 rings (SSSR count). The summed E-state index contributed by atoms with van der Waals surface area (Å²) >= 11 is 1.64. The van der Waals surface area contributed by atoms with Crippen molar-refractivity contribution in [2.75, 3.05) is 11.9 Å². The molecule has 0 atom stereocenters. The third kappa shape index (κ3) is 6.41. The maximum atomic E-state index is 13.1. The molecule has 4 N–H and O–H groups in total. The summed E-state index contributed by atoms with van der Waals surface area (Å²) < 4.78 is 6.99. The van der Waals surface area contributed by atoms with E-state index in [0.29, 0.717) is 28.9 Å². The molecule has 0 unspecified atom stereocenters. The number of aryl methyl sites for hydroxylation is 1. The van der Waals surface area contributed by atoms with Crippen LogP contribution < -0.4 is 15.6 Å². The minimum atomic E-state index is -0.694. The fraction of sp³-hybridized carbons (Fsp3) is 0.219. The van der Waals surface area contributed by atoms with Crippen LogP contribution in [0, 0.1) is 0 Å². The fourth-order valence-electron chi connectivity index (χ4n) is 5.08. The molecule has 0 radical (unpaired) electrons. The van der Waals surface area contributed by atoms with Crippen molar-refractivity contribution in [1.29, 1.82) is 0 Å². The molecule has 0 aliphatic heterocycles. The Hall–Kier alpha value is -5.03. The molecule has 0 saturated heterocycles. The van der Waals surface area contributed by atoms with Gasteiger partial charge in [0.25, 0.3) is 11.5 Å². The van der Waals surface area contributed by atoms with Crippen molar-refractivity contribution >= 4 is 43.9 Å². The van der Waals surface area contributed by atoms with Gasteiger partial charge in [-0.05, 0) is 66.2 Å². The molecule has 0 fully saturated rings. The zero-order valence-corrected chi connectivity index (χ0v) is 24.1. The Balaban J connectivity index is 1.06. The number of anilines is 1. The van der Waals surface area contributed by atoms with Crippen molar-refractivity contribution in [2.24, 2.45) is 0 Å². The number of aromatic nitrogens is 5. The van der Waals surface area contributed by atoms with E-state index in [9.17, 15) is 14.7 Å². The van der Waals surface area contributed by atoms with Crippen molar-refractivity contribution in [2.45, 2.75) is 38.5 Å². The van der Waals surface area contributed by atoms with Crippen LogP contribution in [-0.2, 0) is 6.42 Å². The van der Waals surface area contributed by atoms with Crippen molar-refractivity contribution in [3.63, 3.8) is 0 Å². The van der Waals surface area contributed by atoms with Crippen molar-refractivity contribution in [1.82, 2.24) is 25.6 Å². The molecule has 11 heteroatoms. The van der Waals surface area contributed by atoms with E-state index >= 15 is 0 Å². The Morgan fingerprint density at radius 2 is 1.77 bits per heavy atom. The van der Waals surface area contributed by atoms with Crippen LogP contribution in [0.3, 0.4) is 0 Å². The van der Waals surface area contributed by atoms with E-state index in [1.165, 1.54) is 0 Å². The Labute approximate surface area is 250 Å². The summed E-state index contributed by atoms with van der Waals surface area (Å²) in [7, 11) is 0. The number of unbranched alkanes of at least 4 members (excludes halogenated alkanes) is 4. The Kier molecular flexibility index (Phi) is 8.41. The van der Waals surface area contributed by atoms with E-state index in [4.69, 9.17) is 4.74 Å². The van der Waals surface area contributed by atoms with Gasteiger partial charge in [-0.25, -0.2) is 0 Å². The van der Waals surface area contributed by atoms with Gasteiger partial charge in [-0.3, -0.25) is 9.59 Å². The number of nitrogens with one attached hydrogen (secondary N) is 3. The number of nitrogens with zero attached hydrogens (tertiary/aromatic N) is 3. The summed E-state index contributed by atoms with van der Waals surface area (Å²) in [5.74, 6) is 0.392. The third-order valence-corrected chi connectivity index (χ3v) is 8.28. The summed E-state index contributed by atoms with van der Waals surface area (Å²) in [4.78, 5) is 28.7. The summed E-state index contributed by atoms with van der Waals surface area (Å²) in [6.07, 6.45) is 6.08. The number of H-pyrrole nitrogens is 2. The van der Waals surface area contributed by atoms with Crippen LogP contribution in [0.1, 0.15) is 48.3 Å². The molecule has 10 nitrogen and oxygen atoms in total. The lowest BCUT2D eigenvalue weighted by atomic mass is 10.0. The fourth-order valence-corrected chi connectivity index (χ4v) is 6.05. The number of hydrogen-bond donors (Lipinski definition) is 4. The zero-order chi connectivity index (χ0) is 29.6. The molecule has 3 aromatic heterocycles. The molecule has 3 heterocycles. The number of thiophene rings is 1. The molecule has 0 aliphatic carbocycles. The minimum absolute atomic E-state index is 0.336. The largest absolute Gasteiger partial charge is 0.506 e. The van der Waals surface area contributed by atoms with Crippen molar-refractivity contribution in [3.8, 4) is 22.6 Å². The smallest absolute Gasteiger partial charge is 0.265 e. The van der Waals surface area contributed by atoms with E-state index in [-0.39, 0.29) is 11.3 Å². The maximum Gasteiger partial charge on any atom is 0.265 e. The molecule has 0 aliphatic rings. The second kappa shape index (κ2) is 12.9. The number of carbonyl (C=O) groups is 1. The summed E-state index contributed by atoms with van der Waals surface area (Å²) in [6, 6.07) is 20.5. The first-order valence-corrected chi connectivity index (χ1v) is 15.1. The van der Waals surface area contributed by atoms with Gasteiger partial charge in [0.1, 0.15) is 17.1 Å². The SMILES string of the molecule is O=C(Nc1ccc(OCCCCCCCc2nn[nH]n2)cc1)c1c(O)c2cc(-c3csc4ccccc34)ccc2[nH]c1=O. The number of fused-ring (bicyclic) bond motifs is 2. The van der Waals surface area contributed by atoms with Gasteiger partial charge >= 0.3 is 0 Å². The lowest BCUT2D eigenvalue weighted by Gasteiger charge is -2.11. The first kappa shape index (κ1) is 28.1. The quantitative estimate of drug-likeness (QED) is 0.119. The average Bonchev–Trinajstić information content (AvgIpc) is 3.70. The Bertz CT molecular complexity index is 1920. The van der Waals surface area contributed by atoms with Gasteiger partial charge < -0.3 is 20.1 Å². The van der Waals surface area contributed by atoms with E-state index in [0.717, 1.165) is 65.6 Å². The predicted octanol–water partition coefficient (Wildman–Crippen LogP) is 6.45. The highest BCUT2D eigenvalue weighted by atomic mass is 32.1. The average molecular weight is 595 g/mol. The lowest BCUT2D eigenvalue weighted by molar-refractivity contribution is 0.102.